The Bertz CT molecular complexity index is 1790. The summed E-state index contributed by atoms with van der Waals surface area (Å²) in [6, 6.07) is 20.0. The van der Waals surface area contributed by atoms with Crippen molar-refractivity contribution in [3.05, 3.63) is 98.9 Å². The Hall–Kier alpha value is -3.48. The highest BCUT2D eigenvalue weighted by molar-refractivity contribution is 9.10. The summed E-state index contributed by atoms with van der Waals surface area (Å²) in [6.07, 6.45) is 1.59. The second-order valence-corrected chi connectivity index (χ2v) is 13.4. The molecule has 0 bridgehead atoms. The minimum absolute atomic E-state index is 0.0484. The molecule has 4 rings (SSSR count). The number of carbonyl (C=O) groups excluding carboxylic acids is 1. The molecule has 12 heteroatoms. The van der Waals surface area contributed by atoms with Gasteiger partial charge in [-0.3, -0.25) is 9.36 Å². The lowest BCUT2D eigenvalue weighted by atomic mass is 9.96. The number of sulfonamides is 2. The molecule has 0 saturated heterocycles. The van der Waals surface area contributed by atoms with Crippen LogP contribution >= 0.6 is 15.9 Å². The van der Waals surface area contributed by atoms with E-state index >= 15 is 0 Å². The Morgan fingerprint density at radius 3 is 2.05 bits per heavy atom. The van der Waals surface area contributed by atoms with Crippen LogP contribution in [0.3, 0.4) is 0 Å². The van der Waals surface area contributed by atoms with E-state index in [1.165, 1.54) is 35.9 Å². The third-order valence-corrected chi connectivity index (χ3v) is 9.51. The van der Waals surface area contributed by atoms with Crippen LogP contribution in [0.1, 0.15) is 16.1 Å². The largest absolute Gasteiger partial charge is 0.464 e. The zero-order valence-electron chi connectivity index (χ0n) is 20.6. The SMILES string of the molecule is COC(=O)c1c(-c2ccccc2)c2cc(Br)ccc2c(=O)n1Cc1ccc(N(S(C)(=O)=O)S(C)(=O)=O)cc1. The number of ether oxygens (including phenoxy) is 1. The molecule has 1 heterocycles. The van der Waals surface area contributed by atoms with Crippen LogP contribution in [0, 0.1) is 0 Å². The van der Waals surface area contributed by atoms with Gasteiger partial charge in [-0.1, -0.05) is 58.4 Å². The number of benzene rings is 3. The molecular weight excluding hydrogens is 596 g/mol. The molecule has 38 heavy (non-hydrogen) atoms. The highest BCUT2D eigenvalue weighted by atomic mass is 79.9. The zero-order chi connectivity index (χ0) is 27.8. The molecule has 0 saturated carbocycles. The summed E-state index contributed by atoms with van der Waals surface area (Å²) < 4.78 is 55.9. The van der Waals surface area contributed by atoms with Crippen LogP contribution in [0.15, 0.2) is 82.1 Å². The number of rotatable bonds is 7. The molecular formula is C26H23BrN2O7S2. The predicted octanol–water partition coefficient (Wildman–Crippen LogP) is 3.99. The molecule has 0 aliphatic rings. The quantitative estimate of drug-likeness (QED) is 0.287. The smallest absolute Gasteiger partial charge is 0.355 e. The average Bonchev–Trinajstić information content (AvgIpc) is 2.84. The van der Waals surface area contributed by atoms with Crippen LogP contribution in [0.4, 0.5) is 5.69 Å². The van der Waals surface area contributed by atoms with Crippen molar-refractivity contribution in [2.75, 3.05) is 23.3 Å². The van der Waals surface area contributed by atoms with E-state index in [0.29, 0.717) is 31.2 Å². The summed E-state index contributed by atoms with van der Waals surface area (Å²) in [5, 5.41) is 0.955. The van der Waals surface area contributed by atoms with Gasteiger partial charge in [0.25, 0.3) is 5.56 Å². The van der Waals surface area contributed by atoms with Gasteiger partial charge in [-0.15, -0.1) is 0 Å². The number of hydrogen-bond donors (Lipinski definition) is 0. The maximum absolute atomic E-state index is 13.7. The van der Waals surface area contributed by atoms with Crippen LogP contribution in [-0.4, -0.2) is 47.0 Å². The third-order valence-electron chi connectivity index (χ3n) is 5.76. The normalized spacial score (nSPS) is 11.9. The van der Waals surface area contributed by atoms with Gasteiger partial charge < -0.3 is 4.74 Å². The van der Waals surface area contributed by atoms with E-state index in [2.05, 4.69) is 15.9 Å². The molecule has 0 unspecified atom stereocenters. The van der Waals surface area contributed by atoms with Crippen LogP contribution < -0.4 is 9.27 Å². The summed E-state index contributed by atoms with van der Waals surface area (Å²) in [7, 11) is -7.00. The van der Waals surface area contributed by atoms with E-state index in [1.54, 1.807) is 18.2 Å². The fourth-order valence-corrected chi connectivity index (χ4v) is 7.65. The Labute approximate surface area is 228 Å². The maximum Gasteiger partial charge on any atom is 0.355 e. The van der Waals surface area contributed by atoms with Gasteiger partial charge in [0.15, 0.2) is 0 Å². The van der Waals surface area contributed by atoms with Crippen molar-refractivity contribution in [2.45, 2.75) is 6.54 Å². The number of pyridine rings is 1. The van der Waals surface area contributed by atoms with Crippen molar-refractivity contribution < 1.29 is 26.4 Å². The molecule has 0 atom stereocenters. The fraction of sp³-hybridized carbons (Fsp3) is 0.154. The van der Waals surface area contributed by atoms with E-state index in [4.69, 9.17) is 4.74 Å². The number of hydrogen-bond acceptors (Lipinski definition) is 7. The van der Waals surface area contributed by atoms with Gasteiger partial charge in [-0.25, -0.2) is 21.6 Å². The molecule has 0 N–H and O–H groups in total. The number of nitrogens with zero attached hydrogens (tertiary/aromatic N) is 2. The lowest BCUT2D eigenvalue weighted by Crippen LogP contribution is -2.35. The molecule has 0 amide bonds. The van der Waals surface area contributed by atoms with Crippen LogP contribution in [0.2, 0.25) is 0 Å². The second-order valence-electron chi connectivity index (χ2n) is 8.55. The number of halogens is 1. The highest BCUT2D eigenvalue weighted by Gasteiger charge is 2.28. The molecule has 0 spiro atoms. The number of methoxy groups -OCH3 is 1. The maximum atomic E-state index is 13.7. The van der Waals surface area contributed by atoms with E-state index in [-0.39, 0.29) is 17.9 Å². The van der Waals surface area contributed by atoms with Gasteiger partial charge in [0, 0.05) is 15.4 Å². The van der Waals surface area contributed by atoms with Gasteiger partial charge >= 0.3 is 5.97 Å². The number of esters is 1. The minimum atomic E-state index is -4.11. The van der Waals surface area contributed by atoms with Crippen molar-refractivity contribution >= 4 is 58.4 Å². The molecule has 0 fully saturated rings. The number of fused-ring (bicyclic) bond motifs is 1. The van der Waals surface area contributed by atoms with Gasteiger partial charge in [0.1, 0.15) is 5.69 Å². The summed E-state index contributed by atoms with van der Waals surface area (Å²) in [4.78, 5) is 26.8. The third kappa shape index (κ3) is 5.38. The standard InChI is InChI=1S/C26H23BrN2O7S2/c1-36-26(31)24-23(18-7-5-4-6-8-18)22-15-19(27)11-14-21(22)25(30)28(24)16-17-9-12-20(13-10-17)29(37(2,32)33)38(3,34)35/h4-15H,16H2,1-3H3. The van der Waals surface area contributed by atoms with Crippen molar-refractivity contribution in [3.8, 4) is 11.1 Å². The first-order chi connectivity index (χ1) is 17.8. The lowest BCUT2D eigenvalue weighted by molar-refractivity contribution is 0.0588. The van der Waals surface area contributed by atoms with Crippen molar-refractivity contribution in [2.24, 2.45) is 0 Å². The van der Waals surface area contributed by atoms with E-state index in [0.717, 1.165) is 17.0 Å². The summed E-state index contributed by atoms with van der Waals surface area (Å²) in [5.74, 6) is -0.709. The second kappa shape index (κ2) is 10.4. The van der Waals surface area contributed by atoms with Gasteiger partial charge in [-0.2, -0.15) is 3.71 Å². The first-order valence-electron chi connectivity index (χ1n) is 11.1. The van der Waals surface area contributed by atoms with Gasteiger partial charge in [0.2, 0.25) is 20.0 Å². The Morgan fingerprint density at radius 2 is 1.50 bits per heavy atom. The van der Waals surface area contributed by atoms with Crippen molar-refractivity contribution in [1.82, 2.24) is 4.57 Å². The minimum Gasteiger partial charge on any atom is -0.464 e. The summed E-state index contributed by atoms with van der Waals surface area (Å²) >= 11 is 3.45. The predicted molar refractivity (Wildman–Crippen MR) is 150 cm³/mol. The molecule has 4 aromatic rings. The van der Waals surface area contributed by atoms with Gasteiger partial charge in [0.05, 0.1) is 31.9 Å². The topological polar surface area (TPSA) is 120 Å². The molecule has 0 radical (unpaired) electrons. The number of anilines is 1. The molecule has 0 aliphatic heterocycles. The molecule has 0 aliphatic carbocycles. The zero-order valence-corrected chi connectivity index (χ0v) is 23.8. The monoisotopic (exact) mass is 618 g/mol. The Kier molecular flexibility index (Phi) is 7.51. The number of carbonyl (C=O) groups is 1. The Balaban J connectivity index is 1.95. The fourth-order valence-electron chi connectivity index (χ4n) is 4.31. The molecule has 9 nitrogen and oxygen atoms in total. The van der Waals surface area contributed by atoms with Crippen LogP contribution in [0.25, 0.3) is 21.9 Å². The van der Waals surface area contributed by atoms with Crippen molar-refractivity contribution in [1.29, 1.82) is 0 Å². The molecule has 198 valence electrons. The van der Waals surface area contributed by atoms with Crippen molar-refractivity contribution in [3.63, 3.8) is 0 Å². The number of aromatic nitrogens is 1. The Morgan fingerprint density at radius 1 is 0.895 bits per heavy atom. The van der Waals surface area contributed by atoms with E-state index in [9.17, 15) is 26.4 Å². The van der Waals surface area contributed by atoms with Crippen LogP contribution in [0.5, 0.6) is 0 Å². The van der Waals surface area contributed by atoms with E-state index < -0.39 is 31.6 Å². The molecule has 1 aromatic heterocycles. The molecule has 3 aromatic carbocycles. The van der Waals surface area contributed by atoms with Crippen LogP contribution in [-0.2, 0) is 31.3 Å². The summed E-state index contributed by atoms with van der Waals surface area (Å²) in [6.45, 7) is -0.0624. The van der Waals surface area contributed by atoms with E-state index in [1.807, 2.05) is 30.3 Å². The first-order valence-corrected chi connectivity index (χ1v) is 15.6. The highest BCUT2D eigenvalue weighted by Crippen LogP contribution is 2.33. The average molecular weight is 620 g/mol. The van der Waals surface area contributed by atoms with Gasteiger partial charge in [-0.05, 0) is 46.8 Å². The first kappa shape index (κ1) is 27.6. The lowest BCUT2D eigenvalue weighted by Gasteiger charge is -2.21. The summed E-state index contributed by atoms with van der Waals surface area (Å²) in [5.41, 5.74) is 1.30.